The van der Waals surface area contributed by atoms with Gasteiger partial charge in [-0.05, 0) is 12.1 Å². The molecule has 0 aliphatic rings. The van der Waals surface area contributed by atoms with Gasteiger partial charge in [0.1, 0.15) is 22.6 Å². The van der Waals surface area contributed by atoms with E-state index in [4.69, 9.17) is 17.0 Å². The number of aromatic nitrogens is 3. The van der Waals surface area contributed by atoms with Crippen LogP contribution in [0.2, 0.25) is 5.02 Å². The van der Waals surface area contributed by atoms with Gasteiger partial charge in [0.05, 0.1) is 17.5 Å². The van der Waals surface area contributed by atoms with Crippen molar-refractivity contribution < 1.29 is 18.2 Å². The number of nitrogens with one attached hydrogen (secondary N) is 2. The highest BCUT2D eigenvalue weighted by atomic mass is 35.5. The van der Waals surface area contributed by atoms with Gasteiger partial charge in [-0.25, -0.2) is 23.1 Å². The van der Waals surface area contributed by atoms with Gasteiger partial charge in [0, 0.05) is 24.0 Å². The molecule has 0 radical (unpaired) electrons. The number of hydrogen-bond donors (Lipinski definition) is 3. The highest BCUT2D eigenvalue weighted by molar-refractivity contribution is 7.92. The Bertz CT molecular complexity index is 1060. The van der Waals surface area contributed by atoms with Crippen LogP contribution in [-0.2, 0) is 0 Å². The predicted octanol–water partition coefficient (Wildman–Crippen LogP) is 3.76. The molecule has 134 valence electrons. The maximum Gasteiger partial charge on any atom is 0.339 e. The number of anilines is 1. The van der Waals surface area contributed by atoms with Gasteiger partial charge < -0.3 is 10.4 Å². The van der Waals surface area contributed by atoms with E-state index in [1.165, 1.54) is 13.1 Å². The quantitative estimate of drug-likeness (QED) is 0.566. The normalized spacial score (nSPS) is 10.9. The zero-order valence-electron chi connectivity index (χ0n) is 13.0. The summed E-state index contributed by atoms with van der Waals surface area (Å²) in [6.45, 7) is 0. The maximum absolute atomic E-state index is 14.3. The molecule has 1 aromatic carbocycles. The highest BCUT2D eigenvalue weighted by Crippen LogP contribution is 2.28. The SMILES string of the molecule is CNc1cc(Cl)cc(F)c1C(=N)c1cnc2c(n1)c(C(=O)O)cn2SF. The summed E-state index contributed by atoms with van der Waals surface area (Å²) in [5.74, 6) is -2.07. The third kappa shape index (κ3) is 2.97. The van der Waals surface area contributed by atoms with Crippen LogP contribution in [0.25, 0.3) is 11.2 Å². The molecule has 0 atom stereocenters. The summed E-state index contributed by atoms with van der Waals surface area (Å²) in [6, 6.07) is 2.50. The number of carboxylic acid groups (broad SMARTS) is 1. The fourth-order valence-corrected chi connectivity index (χ4v) is 3.00. The molecule has 7 nitrogen and oxygen atoms in total. The lowest BCUT2D eigenvalue weighted by atomic mass is 10.0. The van der Waals surface area contributed by atoms with Gasteiger partial charge in [-0.1, -0.05) is 11.6 Å². The van der Waals surface area contributed by atoms with E-state index >= 15 is 0 Å². The summed E-state index contributed by atoms with van der Waals surface area (Å²) in [6.07, 6.45) is 2.18. The summed E-state index contributed by atoms with van der Waals surface area (Å²) in [5, 5.41) is 20.4. The Kier molecular flexibility index (Phi) is 4.79. The van der Waals surface area contributed by atoms with Crippen LogP contribution in [0, 0.1) is 11.2 Å². The van der Waals surface area contributed by atoms with Gasteiger partial charge >= 0.3 is 5.97 Å². The number of carbonyl (C=O) groups is 1. The van der Waals surface area contributed by atoms with Gasteiger partial charge in [-0.2, -0.15) is 0 Å². The minimum atomic E-state index is -1.32. The van der Waals surface area contributed by atoms with E-state index in [1.807, 2.05) is 0 Å². The van der Waals surface area contributed by atoms with Crippen molar-refractivity contribution in [3.05, 3.63) is 52.2 Å². The summed E-state index contributed by atoms with van der Waals surface area (Å²) >= 11 is 5.59. The lowest BCUT2D eigenvalue weighted by Crippen LogP contribution is -2.11. The molecule has 0 saturated carbocycles. The summed E-state index contributed by atoms with van der Waals surface area (Å²) in [7, 11) is 1.54. The number of benzene rings is 1. The number of halogens is 3. The molecule has 26 heavy (non-hydrogen) atoms. The van der Waals surface area contributed by atoms with Crippen LogP contribution in [0.4, 0.5) is 14.0 Å². The first kappa shape index (κ1) is 18.1. The van der Waals surface area contributed by atoms with Crippen molar-refractivity contribution in [1.82, 2.24) is 13.9 Å². The molecule has 0 spiro atoms. The average molecular weight is 398 g/mol. The Hall–Kier alpha value is -2.72. The van der Waals surface area contributed by atoms with Gasteiger partial charge in [-0.15, -0.1) is 3.89 Å². The van der Waals surface area contributed by atoms with E-state index < -0.39 is 11.8 Å². The third-order valence-corrected chi connectivity index (χ3v) is 4.24. The Morgan fingerprint density at radius 1 is 1.46 bits per heavy atom. The molecular formula is C15H10ClF2N5O2S. The second-order valence-corrected chi connectivity index (χ2v) is 6.07. The van der Waals surface area contributed by atoms with Gasteiger partial charge in [0.2, 0.25) is 0 Å². The largest absolute Gasteiger partial charge is 0.478 e. The molecule has 0 saturated heterocycles. The molecule has 2 aromatic heterocycles. The van der Waals surface area contributed by atoms with Crippen molar-refractivity contribution in [2.45, 2.75) is 0 Å². The fraction of sp³-hybridized carbons (Fsp3) is 0.0667. The van der Waals surface area contributed by atoms with Gasteiger partial charge in [0.15, 0.2) is 18.0 Å². The summed E-state index contributed by atoms with van der Waals surface area (Å²) in [4.78, 5) is 19.4. The molecule has 3 aromatic rings. The molecule has 3 rings (SSSR count). The van der Waals surface area contributed by atoms with Crippen molar-refractivity contribution in [2.75, 3.05) is 12.4 Å². The number of carboxylic acids is 1. The van der Waals surface area contributed by atoms with Gasteiger partial charge in [-0.3, -0.25) is 5.41 Å². The van der Waals surface area contributed by atoms with E-state index in [9.17, 15) is 18.2 Å². The van der Waals surface area contributed by atoms with E-state index in [1.54, 1.807) is 0 Å². The minimum absolute atomic E-state index is 0.0168. The molecule has 0 aliphatic carbocycles. The van der Waals surface area contributed by atoms with Crippen molar-refractivity contribution >= 4 is 52.5 Å². The summed E-state index contributed by atoms with van der Waals surface area (Å²) in [5.41, 5.74) is -0.631. The average Bonchev–Trinajstić information content (AvgIpc) is 2.98. The second kappa shape index (κ2) is 6.89. The predicted molar refractivity (Wildman–Crippen MR) is 95.5 cm³/mol. The number of rotatable bonds is 5. The number of hydrogen-bond acceptors (Lipinski definition) is 6. The fourth-order valence-electron chi connectivity index (χ4n) is 2.45. The molecule has 0 aliphatic heterocycles. The molecule has 11 heteroatoms. The van der Waals surface area contributed by atoms with Crippen molar-refractivity contribution in [3.8, 4) is 0 Å². The zero-order valence-corrected chi connectivity index (χ0v) is 14.6. The molecular weight excluding hydrogens is 388 g/mol. The highest BCUT2D eigenvalue weighted by Gasteiger charge is 2.22. The van der Waals surface area contributed by atoms with Crippen LogP contribution in [-0.4, -0.2) is 37.8 Å². The van der Waals surface area contributed by atoms with Crippen LogP contribution in [0.15, 0.2) is 24.5 Å². The first-order chi connectivity index (χ1) is 12.4. The first-order valence-electron chi connectivity index (χ1n) is 7.04. The third-order valence-electron chi connectivity index (χ3n) is 3.60. The Balaban J connectivity index is 2.19. The van der Waals surface area contributed by atoms with Crippen molar-refractivity contribution in [3.63, 3.8) is 0 Å². The van der Waals surface area contributed by atoms with E-state index in [-0.39, 0.29) is 56.7 Å². The van der Waals surface area contributed by atoms with E-state index in [2.05, 4.69) is 15.3 Å². The molecule has 3 N–H and O–H groups in total. The van der Waals surface area contributed by atoms with E-state index in [0.717, 1.165) is 22.4 Å². The van der Waals surface area contributed by atoms with Crippen molar-refractivity contribution in [1.29, 1.82) is 5.41 Å². The Morgan fingerprint density at radius 3 is 2.81 bits per heavy atom. The first-order valence-corrected chi connectivity index (χ1v) is 8.09. The van der Waals surface area contributed by atoms with Crippen LogP contribution < -0.4 is 5.32 Å². The van der Waals surface area contributed by atoms with Crippen molar-refractivity contribution in [2.24, 2.45) is 0 Å². The number of aromatic carboxylic acids is 1. The lowest BCUT2D eigenvalue weighted by Gasteiger charge is -2.12. The lowest BCUT2D eigenvalue weighted by molar-refractivity contribution is 0.0699. The minimum Gasteiger partial charge on any atom is -0.478 e. The molecule has 0 fully saturated rings. The monoisotopic (exact) mass is 397 g/mol. The number of fused-ring (bicyclic) bond motifs is 1. The smallest absolute Gasteiger partial charge is 0.339 e. The zero-order chi connectivity index (χ0) is 19.0. The molecule has 2 heterocycles. The molecule has 0 unspecified atom stereocenters. The van der Waals surface area contributed by atoms with Gasteiger partial charge in [0.25, 0.3) is 0 Å². The summed E-state index contributed by atoms with van der Waals surface area (Å²) < 4.78 is 28.2. The van der Waals surface area contributed by atoms with Crippen LogP contribution >= 0.6 is 23.9 Å². The van der Waals surface area contributed by atoms with E-state index in [0.29, 0.717) is 0 Å². The maximum atomic E-state index is 14.3. The Labute approximate surface area is 155 Å². The topological polar surface area (TPSA) is 104 Å². The Morgan fingerprint density at radius 2 is 2.19 bits per heavy atom. The molecule has 0 amide bonds. The van der Waals surface area contributed by atoms with Crippen LogP contribution in [0.1, 0.15) is 21.6 Å². The van der Waals surface area contributed by atoms with Crippen LogP contribution in [0.3, 0.4) is 0 Å². The number of nitrogens with zero attached hydrogens (tertiary/aromatic N) is 3. The molecule has 0 bridgehead atoms. The second-order valence-electron chi connectivity index (χ2n) is 5.11. The van der Waals surface area contributed by atoms with Crippen LogP contribution in [0.5, 0.6) is 0 Å². The standard InChI is InChI=1S/C15H10ClF2N5O2S/c1-20-9-3-6(16)2-8(17)11(9)12(19)10-4-21-14-13(22-10)7(15(24)25)5-23(14)26-18/h2-5,19-20H,1H3,(H,24,25).